The van der Waals surface area contributed by atoms with Crippen LogP contribution in [0.4, 0.5) is 0 Å². The van der Waals surface area contributed by atoms with E-state index in [1.807, 2.05) is 26.0 Å². The molecule has 0 bridgehead atoms. The molecule has 0 aliphatic carbocycles. The van der Waals surface area contributed by atoms with Crippen LogP contribution in [-0.4, -0.2) is 27.7 Å². The molecule has 2 heterocycles. The fourth-order valence-electron chi connectivity index (χ4n) is 3.53. The summed E-state index contributed by atoms with van der Waals surface area (Å²) in [6, 6.07) is 11.2. The van der Waals surface area contributed by atoms with Crippen molar-refractivity contribution in [1.82, 2.24) is 20.0 Å². The van der Waals surface area contributed by atoms with Gasteiger partial charge in [0, 0.05) is 25.1 Å². The zero-order valence-electron chi connectivity index (χ0n) is 18.5. The predicted octanol–water partition coefficient (Wildman–Crippen LogP) is 4.04. The van der Waals surface area contributed by atoms with Gasteiger partial charge in [-0.2, -0.15) is 0 Å². The second-order valence-electron chi connectivity index (χ2n) is 7.76. The first-order valence-corrected chi connectivity index (χ1v) is 10.8. The highest BCUT2D eigenvalue weighted by Crippen LogP contribution is 2.33. The van der Waals surface area contributed by atoms with Crippen molar-refractivity contribution in [2.75, 3.05) is 7.11 Å². The second-order valence-corrected chi connectivity index (χ2v) is 8.16. The molecular weight excluding hydrogens is 444 g/mol. The number of nitrogens with zero attached hydrogens (tertiary/aromatic N) is 3. The zero-order chi connectivity index (χ0) is 23.5. The maximum absolute atomic E-state index is 13.1. The molecule has 9 heteroatoms. The van der Waals surface area contributed by atoms with Crippen LogP contribution < -0.4 is 15.6 Å². The van der Waals surface area contributed by atoms with E-state index in [4.69, 9.17) is 20.9 Å². The van der Waals surface area contributed by atoms with E-state index in [9.17, 15) is 9.59 Å². The number of hydrogen-bond donors (Lipinski definition) is 1. The number of carbonyl (C=O) groups excluding carboxylic acids is 1. The Bertz CT molecular complexity index is 1390. The maximum Gasteiger partial charge on any atom is 0.266 e. The largest absolute Gasteiger partial charge is 0.497 e. The smallest absolute Gasteiger partial charge is 0.266 e. The first-order chi connectivity index (χ1) is 15.9. The minimum absolute atomic E-state index is 0.101. The van der Waals surface area contributed by atoms with E-state index in [-0.39, 0.29) is 41.2 Å². The molecule has 0 saturated heterocycles. The Hall–Kier alpha value is -3.65. The van der Waals surface area contributed by atoms with E-state index in [1.54, 1.807) is 18.2 Å². The molecule has 0 atom stereocenters. The molecule has 0 unspecified atom stereocenters. The lowest BCUT2D eigenvalue weighted by atomic mass is 10.1. The highest BCUT2D eigenvalue weighted by Gasteiger charge is 2.20. The standard InChI is InChI=1S/C24H23ClN4O4/c1-14-4-5-15(2)16(10-14)12-26-20(30)8-9-29-13-27-23-21(24(29)31)22(28-33-23)18-11-17(32-3)6-7-19(18)25/h4-7,10-11,13H,8-9,12H2,1-3H3,(H,26,30). The molecular formula is C24H23ClN4O4. The van der Waals surface area contributed by atoms with Crippen LogP contribution in [0.5, 0.6) is 5.75 Å². The van der Waals surface area contributed by atoms with Gasteiger partial charge in [-0.1, -0.05) is 40.5 Å². The van der Waals surface area contributed by atoms with Crippen molar-refractivity contribution in [2.24, 2.45) is 0 Å². The number of aromatic nitrogens is 3. The molecule has 1 amide bonds. The Morgan fingerprint density at radius 1 is 1.21 bits per heavy atom. The van der Waals surface area contributed by atoms with Gasteiger partial charge in [0.25, 0.3) is 11.3 Å². The van der Waals surface area contributed by atoms with Gasteiger partial charge < -0.3 is 14.6 Å². The summed E-state index contributed by atoms with van der Waals surface area (Å²) in [5.74, 6) is 0.402. The van der Waals surface area contributed by atoms with Crippen LogP contribution in [0.25, 0.3) is 22.4 Å². The summed E-state index contributed by atoms with van der Waals surface area (Å²) in [6.45, 7) is 4.62. The normalized spacial score (nSPS) is 11.0. The number of hydrogen-bond acceptors (Lipinski definition) is 6. The number of benzene rings is 2. The van der Waals surface area contributed by atoms with E-state index in [0.717, 1.165) is 16.7 Å². The topological polar surface area (TPSA) is 99.2 Å². The highest BCUT2D eigenvalue weighted by atomic mass is 35.5. The lowest BCUT2D eigenvalue weighted by Gasteiger charge is -2.10. The summed E-state index contributed by atoms with van der Waals surface area (Å²) in [5, 5.41) is 7.51. The number of rotatable bonds is 7. The van der Waals surface area contributed by atoms with Gasteiger partial charge in [0.15, 0.2) is 0 Å². The number of amides is 1. The van der Waals surface area contributed by atoms with E-state index >= 15 is 0 Å². The quantitative estimate of drug-likeness (QED) is 0.441. The zero-order valence-corrected chi connectivity index (χ0v) is 19.3. The number of ether oxygens (including phenoxy) is 1. The van der Waals surface area contributed by atoms with Crippen molar-refractivity contribution in [1.29, 1.82) is 0 Å². The van der Waals surface area contributed by atoms with Gasteiger partial charge in [0.1, 0.15) is 23.2 Å². The van der Waals surface area contributed by atoms with Gasteiger partial charge in [-0.25, -0.2) is 4.98 Å². The monoisotopic (exact) mass is 466 g/mol. The van der Waals surface area contributed by atoms with Crippen LogP contribution in [0.15, 0.2) is 52.0 Å². The molecule has 2 aromatic heterocycles. The van der Waals surface area contributed by atoms with Gasteiger partial charge in [-0.05, 0) is 43.2 Å². The minimum Gasteiger partial charge on any atom is -0.497 e. The van der Waals surface area contributed by atoms with Gasteiger partial charge in [0.2, 0.25) is 5.91 Å². The summed E-state index contributed by atoms with van der Waals surface area (Å²) in [6.07, 6.45) is 1.48. The molecule has 8 nitrogen and oxygen atoms in total. The van der Waals surface area contributed by atoms with Gasteiger partial charge in [0.05, 0.1) is 12.1 Å². The first kappa shape index (κ1) is 22.5. The number of carbonyl (C=O) groups is 1. The average molecular weight is 467 g/mol. The molecule has 4 aromatic rings. The lowest BCUT2D eigenvalue weighted by molar-refractivity contribution is -0.121. The summed E-state index contributed by atoms with van der Waals surface area (Å²) in [4.78, 5) is 29.7. The third-order valence-electron chi connectivity index (χ3n) is 5.45. The Balaban J connectivity index is 1.53. The van der Waals surface area contributed by atoms with Crippen LogP contribution in [0.3, 0.4) is 0 Å². The van der Waals surface area contributed by atoms with Crippen LogP contribution >= 0.6 is 11.6 Å². The highest BCUT2D eigenvalue weighted by molar-refractivity contribution is 6.33. The number of aryl methyl sites for hydroxylation is 3. The van der Waals surface area contributed by atoms with Crippen molar-refractivity contribution in [3.05, 3.63) is 74.8 Å². The average Bonchev–Trinajstić information content (AvgIpc) is 3.24. The molecule has 0 saturated carbocycles. The number of nitrogens with one attached hydrogen (secondary N) is 1. The van der Waals surface area contributed by atoms with Crippen LogP contribution in [0, 0.1) is 13.8 Å². The van der Waals surface area contributed by atoms with Gasteiger partial charge >= 0.3 is 0 Å². The Morgan fingerprint density at radius 2 is 2.03 bits per heavy atom. The number of halogens is 1. The molecule has 4 rings (SSSR count). The third-order valence-corrected chi connectivity index (χ3v) is 5.78. The molecule has 0 aliphatic rings. The van der Waals surface area contributed by atoms with Gasteiger partial charge in [-0.3, -0.25) is 14.2 Å². The van der Waals surface area contributed by atoms with Crippen LogP contribution in [0.2, 0.25) is 5.02 Å². The molecule has 0 radical (unpaired) electrons. The van der Waals surface area contributed by atoms with E-state index < -0.39 is 0 Å². The Morgan fingerprint density at radius 3 is 2.82 bits per heavy atom. The van der Waals surface area contributed by atoms with Crippen molar-refractivity contribution < 1.29 is 14.1 Å². The summed E-state index contributed by atoms with van der Waals surface area (Å²) in [5.41, 5.74) is 3.83. The maximum atomic E-state index is 13.1. The first-order valence-electron chi connectivity index (χ1n) is 10.4. The summed E-state index contributed by atoms with van der Waals surface area (Å²) in [7, 11) is 1.54. The second kappa shape index (κ2) is 9.46. The van der Waals surface area contributed by atoms with E-state index in [1.165, 1.54) is 18.0 Å². The third kappa shape index (κ3) is 4.75. The molecule has 170 valence electrons. The molecule has 0 spiro atoms. The molecule has 0 fully saturated rings. The number of methoxy groups -OCH3 is 1. The molecule has 1 N–H and O–H groups in total. The fraction of sp³-hybridized carbons (Fsp3) is 0.250. The molecule has 0 aliphatic heterocycles. The van der Waals surface area contributed by atoms with Gasteiger partial charge in [-0.15, -0.1) is 0 Å². The molecule has 2 aromatic carbocycles. The summed E-state index contributed by atoms with van der Waals surface area (Å²) >= 11 is 6.33. The van der Waals surface area contributed by atoms with Crippen LogP contribution in [-0.2, 0) is 17.9 Å². The van der Waals surface area contributed by atoms with Crippen molar-refractivity contribution >= 4 is 28.6 Å². The number of fused-ring (bicyclic) bond motifs is 1. The Kier molecular flexibility index (Phi) is 6.46. The van der Waals surface area contributed by atoms with Crippen LogP contribution in [0.1, 0.15) is 23.1 Å². The van der Waals surface area contributed by atoms with Crippen molar-refractivity contribution in [2.45, 2.75) is 33.4 Å². The minimum atomic E-state index is -0.363. The summed E-state index contributed by atoms with van der Waals surface area (Å²) < 4.78 is 11.9. The van der Waals surface area contributed by atoms with Crippen molar-refractivity contribution in [3.63, 3.8) is 0 Å². The predicted molar refractivity (Wildman–Crippen MR) is 125 cm³/mol. The van der Waals surface area contributed by atoms with E-state index in [0.29, 0.717) is 22.9 Å². The lowest BCUT2D eigenvalue weighted by Crippen LogP contribution is -2.27. The molecule has 33 heavy (non-hydrogen) atoms. The SMILES string of the molecule is COc1ccc(Cl)c(-c2noc3ncn(CCC(=O)NCc4cc(C)ccc4C)c(=O)c23)c1. The van der Waals surface area contributed by atoms with E-state index in [2.05, 4.69) is 21.5 Å². The van der Waals surface area contributed by atoms with Crippen molar-refractivity contribution in [3.8, 4) is 17.0 Å². The fourth-order valence-corrected chi connectivity index (χ4v) is 3.74. The Labute approximate surface area is 195 Å².